The van der Waals surface area contributed by atoms with Crippen LogP contribution in [0.4, 0.5) is 18.0 Å². The van der Waals surface area contributed by atoms with Gasteiger partial charge in [-0.2, -0.15) is 13.2 Å². The van der Waals surface area contributed by atoms with Crippen molar-refractivity contribution in [3.05, 3.63) is 35.4 Å². The third-order valence-electron chi connectivity index (χ3n) is 5.75. The molecule has 1 aliphatic carbocycles. The van der Waals surface area contributed by atoms with Crippen LogP contribution < -0.4 is 10.6 Å². The third-order valence-corrected chi connectivity index (χ3v) is 8.07. The van der Waals surface area contributed by atoms with E-state index in [9.17, 15) is 31.2 Å². The first-order valence-electron chi connectivity index (χ1n) is 10.4. The number of nitrogens with one attached hydrogen (secondary N) is 2. The van der Waals surface area contributed by atoms with Crippen LogP contribution >= 0.6 is 0 Å². The second-order valence-corrected chi connectivity index (χ2v) is 11.0. The molecule has 7 nitrogen and oxygen atoms in total. The number of Topliss-reactive ketones (excluding diaryl/α,β-unsaturated/α-hetero) is 1. The summed E-state index contributed by atoms with van der Waals surface area (Å²) in [7, 11) is -3.37. The van der Waals surface area contributed by atoms with Gasteiger partial charge in [-0.05, 0) is 51.2 Å². The summed E-state index contributed by atoms with van der Waals surface area (Å²) in [6.45, 7) is 3.34. The number of hydrogen-bond acceptors (Lipinski definition) is 5. The van der Waals surface area contributed by atoms with Gasteiger partial charge in [-0.25, -0.2) is 13.2 Å². The van der Waals surface area contributed by atoms with Crippen LogP contribution in [0, 0.1) is 5.92 Å². The minimum absolute atomic E-state index is 0.0325. The maximum Gasteiger partial charge on any atom is 0.416 e. The molecule has 3 N–H and O–H groups in total. The highest BCUT2D eigenvalue weighted by Gasteiger charge is 2.35. The van der Waals surface area contributed by atoms with Crippen LogP contribution in [0.5, 0.6) is 0 Å². The fourth-order valence-electron chi connectivity index (χ4n) is 3.90. The second-order valence-electron chi connectivity index (χ2n) is 8.41. The van der Waals surface area contributed by atoms with Crippen molar-refractivity contribution in [2.75, 3.05) is 12.3 Å². The number of ketones is 1. The summed E-state index contributed by atoms with van der Waals surface area (Å²) in [4.78, 5) is 23.3. The fourth-order valence-corrected chi connectivity index (χ4v) is 5.25. The van der Waals surface area contributed by atoms with E-state index in [-0.39, 0.29) is 42.3 Å². The third kappa shape index (κ3) is 7.47. The van der Waals surface area contributed by atoms with Crippen LogP contribution in [0.2, 0.25) is 0 Å². The van der Waals surface area contributed by atoms with Crippen LogP contribution in [0.25, 0.3) is 0 Å². The number of alkyl halides is 3. The number of hydrogen-bond donors (Lipinski definition) is 3. The van der Waals surface area contributed by atoms with Crippen LogP contribution in [0.3, 0.4) is 0 Å². The summed E-state index contributed by atoms with van der Waals surface area (Å²) in [5.41, 5.74) is -0.922. The Morgan fingerprint density at radius 2 is 1.91 bits per heavy atom. The van der Waals surface area contributed by atoms with Gasteiger partial charge in [0.05, 0.1) is 16.6 Å². The zero-order chi connectivity index (χ0) is 24.1. The maximum absolute atomic E-state index is 12.9. The van der Waals surface area contributed by atoms with Crippen molar-refractivity contribution in [2.45, 2.75) is 63.0 Å². The van der Waals surface area contributed by atoms with Crippen LogP contribution in [0.15, 0.2) is 24.3 Å². The molecule has 0 unspecified atom stereocenters. The van der Waals surface area contributed by atoms with E-state index in [1.807, 2.05) is 0 Å². The molecule has 32 heavy (non-hydrogen) atoms. The number of rotatable bonds is 9. The van der Waals surface area contributed by atoms with E-state index in [4.69, 9.17) is 5.11 Å². The molecule has 1 saturated carbocycles. The Bertz CT molecular complexity index is 918. The van der Waals surface area contributed by atoms with Crippen LogP contribution in [-0.4, -0.2) is 55.0 Å². The molecule has 0 bridgehead atoms. The van der Waals surface area contributed by atoms with Crippen molar-refractivity contribution >= 4 is 21.7 Å². The Hall–Kier alpha value is -2.14. The normalized spacial score (nSPS) is 22.0. The van der Waals surface area contributed by atoms with E-state index in [0.29, 0.717) is 19.3 Å². The van der Waals surface area contributed by atoms with Crippen molar-refractivity contribution < 1.29 is 36.3 Å². The van der Waals surface area contributed by atoms with Gasteiger partial charge in [-0.1, -0.05) is 12.1 Å². The molecule has 1 aliphatic rings. The Kier molecular flexibility index (Phi) is 8.69. The minimum Gasteiger partial charge on any atom is -0.465 e. The second kappa shape index (κ2) is 10.7. The standard InChI is InChI=1S/C21H29F3N2O5S/c1-13(2)32(30,31)12-15-11-17(26-20(28)29)6-7-18(15)25-9-8-19(27)14-4-3-5-16(10-14)21(22,23)24/h3-5,10,13,15,17-18,25-26H,6-9,11-12H2,1-2H3,(H,28,29)/t15-,17+,18-/m0/s1. The van der Waals surface area contributed by atoms with Crippen LogP contribution in [-0.2, 0) is 16.0 Å². The predicted molar refractivity (Wildman–Crippen MR) is 113 cm³/mol. The highest BCUT2D eigenvalue weighted by atomic mass is 32.2. The van der Waals surface area contributed by atoms with E-state index < -0.39 is 38.7 Å². The SMILES string of the molecule is CC(C)S(=O)(=O)C[C@@H]1C[C@H](NC(=O)O)CC[C@@H]1NCCC(=O)c1cccc(C(F)(F)F)c1. The van der Waals surface area contributed by atoms with Crippen molar-refractivity contribution in [3.63, 3.8) is 0 Å². The van der Waals surface area contributed by atoms with Crippen molar-refractivity contribution in [1.82, 2.24) is 10.6 Å². The maximum atomic E-state index is 12.9. The lowest BCUT2D eigenvalue weighted by atomic mass is 9.82. The molecule has 1 aromatic carbocycles. The number of carboxylic acid groups (broad SMARTS) is 1. The molecule has 0 aliphatic heterocycles. The number of amides is 1. The zero-order valence-electron chi connectivity index (χ0n) is 18.0. The van der Waals surface area contributed by atoms with Crippen molar-refractivity contribution in [2.24, 2.45) is 5.92 Å². The fraction of sp³-hybridized carbons (Fsp3) is 0.619. The molecule has 0 spiro atoms. The first-order chi connectivity index (χ1) is 14.8. The van der Waals surface area contributed by atoms with E-state index in [2.05, 4.69) is 10.6 Å². The van der Waals surface area contributed by atoms with Gasteiger partial charge >= 0.3 is 12.3 Å². The van der Waals surface area contributed by atoms with Gasteiger partial charge in [-0.15, -0.1) is 0 Å². The highest BCUT2D eigenvalue weighted by Crippen LogP contribution is 2.30. The molecule has 3 atom stereocenters. The molecule has 0 heterocycles. The highest BCUT2D eigenvalue weighted by molar-refractivity contribution is 7.91. The molecule has 0 aromatic heterocycles. The van der Waals surface area contributed by atoms with Crippen LogP contribution in [0.1, 0.15) is 55.5 Å². The number of halogens is 3. The van der Waals surface area contributed by atoms with Gasteiger partial charge in [-0.3, -0.25) is 4.79 Å². The van der Waals surface area contributed by atoms with Gasteiger partial charge in [0.15, 0.2) is 15.6 Å². The average Bonchev–Trinajstić information content (AvgIpc) is 2.68. The van der Waals surface area contributed by atoms with E-state index >= 15 is 0 Å². The number of carbonyl (C=O) groups excluding carboxylic acids is 1. The topological polar surface area (TPSA) is 113 Å². The summed E-state index contributed by atoms with van der Waals surface area (Å²) in [6, 6.07) is 3.64. The number of benzene rings is 1. The summed E-state index contributed by atoms with van der Waals surface area (Å²) in [6.07, 6.45) is -4.37. The molecule has 1 aromatic rings. The Morgan fingerprint density at radius 3 is 2.50 bits per heavy atom. The van der Waals surface area contributed by atoms with Crippen molar-refractivity contribution in [1.29, 1.82) is 0 Å². The van der Waals surface area contributed by atoms with Crippen molar-refractivity contribution in [3.8, 4) is 0 Å². The quantitative estimate of drug-likeness (QED) is 0.469. The smallest absolute Gasteiger partial charge is 0.416 e. The molecular weight excluding hydrogens is 449 g/mol. The Labute approximate surface area is 185 Å². The van der Waals surface area contributed by atoms with Gasteiger partial charge < -0.3 is 15.7 Å². The molecule has 2 rings (SSSR count). The Morgan fingerprint density at radius 1 is 1.22 bits per heavy atom. The number of carbonyl (C=O) groups is 2. The minimum atomic E-state index is -4.54. The zero-order valence-corrected chi connectivity index (χ0v) is 18.8. The lowest BCUT2D eigenvalue weighted by molar-refractivity contribution is -0.137. The largest absolute Gasteiger partial charge is 0.465 e. The number of sulfone groups is 1. The van der Waals surface area contributed by atoms with Gasteiger partial charge in [0.25, 0.3) is 0 Å². The monoisotopic (exact) mass is 478 g/mol. The van der Waals surface area contributed by atoms with Gasteiger partial charge in [0.1, 0.15) is 0 Å². The first kappa shape index (κ1) is 26.1. The molecule has 1 amide bonds. The molecule has 180 valence electrons. The van der Waals surface area contributed by atoms with E-state index in [0.717, 1.165) is 12.1 Å². The molecule has 0 saturated heterocycles. The summed E-state index contributed by atoms with van der Waals surface area (Å²) < 4.78 is 63.5. The van der Waals surface area contributed by atoms with Gasteiger partial charge in [0, 0.05) is 30.6 Å². The average molecular weight is 479 g/mol. The Balaban J connectivity index is 2.01. The lowest BCUT2D eigenvalue weighted by Crippen LogP contribution is -2.49. The molecule has 0 radical (unpaired) electrons. The first-order valence-corrected chi connectivity index (χ1v) is 12.2. The lowest BCUT2D eigenvalue weighted by Gasteiger charge is -2.37. The molecular formula is C21H29F3N2O5S. The molecule has 1 fully saturated rings. The van der Waals surface area contributed by atoms with E-state index in [1.54, 1.807) is 13.8 Å². The predicted octanol–water partition coefficient (Wildman–Crippen LogP) is 3.50. The summed E-state index contributed by atoms with van der Waals surface area (Å²) in [5, 5.41) is 14.0. The van der Waals surface area contributed by atoms with E-state index in [1.165, 1.54) is 12.1 Å². The summed E-state index contributed by atoms with van der Waals surface area (Å²) in [5.74, 6) is -0.908. The molecule has 11 heteroatoms. The summed E-state index contributed by atoms with van der Waals surface area (Å²) >= 11 is 0. The van der Waals surface area contributed by atoms with Gasteiger partial charge in [0.2, 0.25) is 0 Å².